The van der Waals surface area contributed by atoms with Gasteiger partial charge in [-0.3, -0.25) is 14.4 Å². The fourth-order valence-electron chi connectivity index (χ4n) is 4.52. The van der Waals surface area contributed by atoms with E-state index in [-0.39, 0.29) is 41.5 Å². The molecule has 0 atom stereocenters. The van der Waals surface area contributed by atoms with E-state index in [0.717, 1.165) is 12.8 Å². The molecule has 1 aromatic carbocycles. The number of nitrogens with one attached hydrogen (secondary N) is 3. The lowest BCUT2D eigenvalue weighted by Gasteiger charge is -2.26. The zero-order chi connectivity index (χ0) is 30.6. The highest BCUT2D eigenvalue weighted by atomic mass is 16.5. The van der Waals surface area contributed by atoms with E-state index >= 15 is 0 Å². The lowest BCUT2D eigenvalue weighted by Crippen LogP contribution is -2.50. The molecule has 0 unspecified atom stereocenters. The molecule has 0 spiro atoms. The van der Waals surface area contributed by atoms with Crippen molar-refractivity contribution in [1.82, 2.24) is 30.6 Å². The van der Waals surface area contributed by atoms with Gasteiger partial charge in [-0.15, -0.1) is 10.2 Å². The quantitative estimate of drug-likeness (QED) is 0.227. The number of nitrogens with zero attached hydrogens (tertiary/aromatic N) is 5. The zero-order valence-corrected chi connectivity index (χ0v) is 24.7. The Morgan fingerprint density at radius 1 is 1.12 bits per heavy atom. The molecular formula is C26H33B3N8O6. The van der Waals surface area contributed by atoms with E-state index < -0.39 is 11.1 Å². The summed E-state index contributed by atoms with van der Waals surface area (Å²) in [7, 11) is 7.09. The van der Waals surface area contributed by atoms with Crippen molar-refractivity contribution in [3.63, 3.8) is 0 Å². The van der Waals surface area contributed by atoms with Gasteiger partial charge in [0.25, 0.3) is 5.91 Å². The van der Waals surface area contributed by atoms with Gasteiger partial charge in [0.2, 0.25) is 23.5 Å². The first kappa shape index (κ1) is 30.1. The number of carbonyl (C=O) groups excluding carboxylic acids is 3. The van der Waals surface area contributed by atoms with Gasteiger partial charge in [-0.05, 0) is 30.2 Å². The van der Waals surface area contributed by atoms with Crippen LogP contribution in [0.1, 0.15) is 35.6 Å². The first-order valence-corrected chi connectivity index (χ1v) is 14.2. The van der Waals surface area contributed by atoms with Gasteiger partial charge < -0.3 is 34.8 Å². The number of para-hydroxylation sites is 1. The van der Waals surface area contributed by atoms with E-state index in [1.807, 2.05) is 23.5 Å². The minimum atomic E-state index is -0.518. The maximum atomic E-state index is 13.1. The molecule has 1 saturated carbocycles. The fourth-order valence-corrected chi connectivity index (χ4v) is 4.52. The molecule has 17 heteroatoms. The van der Waals surface area contributed by atoms with Crippen LogP contribution in [0.3, 0.4) is 0 Å². The highest BCUT2D eigenvalue weighted by Crippen LogP contribution is 2.37. The van der Waals surface area contributed by atoms with Gasteiger partial charge in [-0.1, -0.05) is 11.2 Å². The Bertz CT molecular complexity index is 1500. The second-order valence-electron chi connectivity index (χ2n) is 11.5. The molecule has 3 aromatic rings. The number of morpholine rings is 1. The highest BCUT2D eigenvalue weighted by Gasteiger charge is 2.30. The number of ether oxygens (including phenoxy) is 2. The molecule has 1 aliphatic carbocycles. The number of methoxy groups -OCH3 is 1. The van der Waals surface area contributed by atoms with E-state index in [4.69, 9.17) is 14.0 Å². The summed E-state index contributed by atoms with van der Waals surface area (Å²) in [4.78, 5) is 44.3. The molecule has 3 N–H and O–H groups in total. The van der Waals surface area contributed by atoms with E-state index in [2.05, 4.69) is 36.3 Å². The fraction of sp³-hybridized carbons (Fsp3) is 0.423. The summed E-state index contributed by atoms with van der Waals surface area (Å²) >= 11 is 0. The number of aryl methyl sites for hydroxylation is 1. The van der Waals surface area contributed by atoms with Crippen molar-refractivity contribution >= 4 is 58.5 Å². The Balaban J connectivity index is 1.38. The van der Waals surface area contributed by atoms with Crippen molar-refractivity contribution in [2.24, 2.45) is 5.92 Å². The molecule has 3 amide bonds. The van der Waals surface area contributed by atoms with Crippen LogP contribution >= 0.6 is 0 Å². The van der Waals surface area contributed by atoms with E-state index in [9.17, 15) is 14.4 Å². The number of amides is 3. The summed E-state index contributed by atoms with van der Waals surface area (Å²) in [6.45, 7) is 2.22. The largest absolute Gasteiger partial charge is 0.494 e. The molecule has 0 bridgehead atoms. The van der Waals surface area contributed by atoms with Crippen LogP contribution in [0, 0.1) is 5.92 Å². The van der Waals surface area contributed by atoms with Crippen molar-refractivity contribution in [2.75, 3.05) is 44.0 Å². The van der Waals surface area contributed by atoms with Crippen molar-refractivity contribution in [3.05, 3.63) is 35.9 Å². The minimum absolute atomic E-state index is 0.0109. The summed E-state index contributed by atoms with van der Waals surface area (Å²) in [6, 6.07) is 6.88. The zero-order valence-electron chi connectivity index (χ0n) is 24.7. The molecule has 2 aliphatic rings. The molecule has 2 aromatic heterocycles. The van der Waals surface area contributed by atoms with Gasteiger partial charge in [-0.2, -0.15) is 4.98 Å². The number of hydrogen-bond acceptors (Lipinski definition) is 11. The third-order valence-electron chi connectivity index (χ3n) is 6.81. The summed E-state index contributed by atoms with van der Waals surface area (Å²) in [5.74, 6) is 0.627. The van der Waals surface area contributed by atoms with Crippen molar-refractivity contribution in [2.45, 2.75) is 30.9 Å². The molecule has 1 saturated heterocycles. The number of aromatic nitrogens is 4. The molecular weight excluding hydrogens is 553 g/mol. The lowest BCUT2D eigenvalue weighted by molar-refractivity contribution is -0.135. The Morgan fingerprint density at radius 3 is 2.58 bits per heavy atom. The third-order valence-corrected chi connectivity index (χ3v) is 6.81. The van der Waals surface area contributed by atoms with Crippen LogP contribution in [0.25, 0.3) is 11.4 Å². The first-order chi connectivity index (χ1) is 20.6. The van der Waals surface area contributed by atoms with Gasteiger partial charge in [0, 0.05) is 37.9 Å². The standard InChI is InChI=1S/C26H33B3N8O6/c1-41-22-15(23-32-19(43-36-23)7-8-20(38)37-9-11-42-12-10-37)3-2-4-16(22)30-17-13-18(31-24(39)14-5-6-14)34-35-21(17)25(40)33-26(27,28)29/h2-4,13-14H,5-12,27-29H2,1H3,(H,33,40)(H2,30,31,34,39). The number of benzene rings is 1. The van der Waals surface area contributed by atoms with Crippen LogP contribution in [-0.2, 0) is 20.7 Å². The maximum absolute atomic E-state index is 13.1. The van der Waals surface area contributed by atoms with Gasteiger partial charge in [0.15, 0.2) is 17.3 Å². The normalized spacial score (nSPS) is 15.0. The van der Waals surface area contributed by atoms with Crippen LogP contribution < -0.4 is 20.7 Å². The Kier molecular flexibility index (Phi) is 8.99. The van der Waals surface area contributed by atoms with E-state index in [0.29, 0.717) is 61.3 Å². The average molecular weight is 586 g/mol. The highest BCUT2D eigenvalue weighted by molar-refractivity contribution is 6.60. The number of rotatable bonds is 11. The minimum Gasteiger partial charge on any atom is -0.494 e. The number of hydrogen-bond donors (Lipinski definition) is 3. The Morgan fingerprint density at radius 2 is 1.88 bits per heavy atom. The van der Waals surface area contributed by atoms with Crippen LogP contribution in [0.2, 0.25) is 0 Å². The van der Waals surface area contributed by atoms with Crippen molar-refractivity contribution in [1.29, 1.82) is 0 Å². The smallest absolute Gasteiger partial charge is 0.272 e. The second-order valence-corrected chi connectivity index (χ2v) is 11.5. The molecule has 5 rings (SSSR count). The molecule has 14 nitrogen and oxygen atoms in total. The summed E-state index contributed by atoms with van der Waals surface area (Å²) in [5, 5.41) is 20.7. The first-order valence-electron chi connectivity index (χ1n) is 14.2. The number of anilines is 3. The molecule has 2 fully saturated rings. The van der Waals surface area contributed by atoms with Gasteiger partial charge in [0.1, 0.15) is 23.5 Å². The topological polar surface area (TPSA) is 174 Å². The van der Waals surface area contributed by atoms with E-state index in [1.54, 1.807) is 29.2 Å². The molecule has 1 aliphatic heterocycles. The van der Waals surface area contributed by atoms with Crippen molar-refractivity contribution < 1.29 is 28.4 Å². The molecule has 43 heavy (non-hydrogen) atoms. The molecule has 222 valence electrons. The third kappa shape index (κ3) is 7.72. The summed E-state index contributed by atoms with van der Waals surface area (Å²) < 4.78 is 16.5. The van der Waals surface area contributed by atoms with Crippen LogP contribution in [0.5, 0.6) is 5.75 Å². The summed E-state index contributed by atoms with van der Waals surface area (Å²) in [6.07, 6.45) is 2.22. The van der Waals surface area contributed by atoms with Crippen LogP contribution in [0.4, 0.5) is 17.2 Å². The molecule has 0 radical (unpaired) electrons. The van der Waals surface area contributed by atoms with Gasteiger partial charge >= 0.3 is 0 Å². The predicted molar refractivity (Wildman–Crippen MR) is 165 cm³/mol. The summed E-state index contributed by atoms with van der Waals surface area (Å²) in [5.41, 5.74) is 1.38. The van der Waals surface area contributed by atoms with Crippen LogP contribution in [-0.4, -0.2) is 105 Å². The maximum Gasteiger partial charge on any atom is 0.272 e. The monoisotopic (exact) mass is 586 g/mol. The lowest BCUT2D eigenvalue weighted by atomic mass is 9.49. The average Bonchev–Trinajstić information content (AvgIpc) is 3.73. The van der Waals surface area contributed by atoms with Crippen LogP contribution in [0.15, 0.2) is 28.8 Å². The number of carbonyl (C=O) groups is 3. The second kappa shape index (κ2) is 12.9. The Hall–Kier alpha value is -4.40. The molecule has 3 heterocycles. The van der Waals surface area contributed by atoms with Crippen molar-refractivity contribution in [3.8, 4) is 17.1 Å². The predicted octanol–water partition coefficient (Wildman–Crippen LogP) is -1.34. The SMILES string of the molecule is BC(B)(B)NC(=O)c1nnc(NC(=O)C2CC2)cc1Nc1cccc(-c2noc(CCC(=O)N3CCOCC3)n2)c1OC. The Labute approximate surface area is 251 Å². The van der Waals surface area contributed by atoms with Gasteiger partial charge in [0.05, 0.1) is 37.3 Å². The van der Waals surface area contributed by atoms with Gasteiger partial charge in [-0.25, -0.2) is 0 Å². The van der Waals surface area contributed by atoms with E-state index in [1.165, 1.54) is 7.11 Å².